The van der Waals surface area contributed by atoms with Crippen molar-refractivity contribution in [2.45, 2.75) is 45.8 Å². The highest BCUT2D eigenvalue weighted by Gasteiger charge is 2.20. The van der Waals surface area contributed by atoms with Gasteiger partial charge in [0.25, 0.3) is 11.6 Å². The van der Waals surface area contributed by atoms with Crippen LogP contribution in [0.4, 0.5) is 5.69 Å². The highest BCUT2D eigenvalue weighted by Crippen LogP contribution is 2.18. The number of hydrogen-bond acceptors (Lipinski definition) is 5. The zero-order chi connectivity index (χ0) is 17.5. The van der Waals surface area contributed by atoms with E-state index in [1.54, 1.807) is 4.57 Å². The minimum Gasteiger partial charge on any atom is -0.351 e. The molecule has 1 aromatic rings. The third-order valence-electron chi connectivity index (χ3n) is 4.13. The lowest BCUT2D eigenvalue weighted by Crippen LogP contribution is -2.49. The summed E-state index contributed by atoms with van der Waals surface area (Å²) >= 11 is 0. The minimum absolute atomic E-state index is 0.0421. The Hall–Kier alpha value is -1.93. The van der Waals surface area contributed by atoms with Crippen molar-refractivity contribution in [3.63, 3.8) is 0 Å². The monoisotopic (exact) mass is 337 g/mol. The van der Waals surface area contributed by atoms with Gasteiger partial charge in [0.1, 0.15) is 5.69 Å². The van der Waals surface area contributed by atoms with Gasteiger partial charge in [-0.25, -0.2) is 0 Å². The summed E-state index contributed by atoms with van der Waals surface area (Å²) < 4.78 is 1.69. The Balaban J connectivity index is 1.94. The van der Waals surface area contributed by atoms with Crippen LogP contribution >= 0.6 is 0 Å². The van der Waals surface area contributed by atoms with Crippen LogP contribution < -0.4 is 16.0 Å². The summed E-state index contributed by atoms with van der Waals surface area (Å²) in [6.07, 6.45) is 4.40. The van der Waals surface area contributed by atoms with E-state index in [-0.39, 0.29) is 17.8 Å². The van der Waals surface area contributed by atoms with E-state index in [9.17, 15) is 14.9 Å². The zero-order valence-corrected chi connectivity index (χ0v) is 14.4. The second-order valence-corrected chi connectivity index (χ2v) is 6.58. The number of rotatable bonds is 8. The van der Waals surface area contributed by atoms with E-state index < -0.39 is 4.92 Å². The Morgan fingerprint density at radius 2 is 2.17 bits per heavy atom. The third-order valence-corrected chi connectivity index (χ3v) is 4.13. The molecule has 24 heavy (non-hydrogen) atoms. The maximum atomic E-state index is 12.4. The highest BCUT2D eigenvalue weighted by molar-refractivity contribution is 5.93. The Morgan fingerprint density at radius 1 is 1.46 bits per heavy atom. The molecule has 1 aliphatic heterocycles. The first-order valence-corrected chi connectivity index (χ1v) is 8.57. The number of nitrogens with zero attached hydrogens (tertiary/aromatic N) is 2. The first-order valence-electron chi connectivity index (χ1n) is 8.57. The van der Waals surface area contributed by atoms with Crippen molar-refractivity contribution in [1.82, 2.24) is 20.5 Å². The van der Waals surface area contributed by atoms with Crippen LogP contribution in [0.15, 0.2) is 12.3 Å². The van der Waals surface area contributed by atoms with Crippen LogP contribution in [0, 0.1) is 16.0 Å². The van der Waals surface area contributed by atoms with E-state index in [0.29, 0.717) is 24.7 Å². The predicted molar refractivity (Wildman–Crippen MR) is 91.9 cm³/mol. The van der Waals surface area contributed by atoms with Crippen LogP contribution in [0.25, 0.3) is 0 Å². The van der Waals surface area contributed by atoms with Gasteiger partial charge in [0.05, 0.1) is 17.3 Å². The van der Waals surface area contributed by atoms with Crippen molar-refractivity contribution in [2.75, 3.05) is 19.6 Å². The van der Waals surface area contributed by atoms with E-state index in [0.717, 1.165) is 32.4 Å². The normalized spacial score (nSPS) is 15.6. The number of carbonyl (C=O) groups excluding carboxylic acids is 1. The van der Waals surface area contributed by atoms with Crippen molar-refractivity contribution in [3.05, 3.63) is 28.1 Å². The van der Waals surface area contributed by atoms with Crippen LogP contribution in [-0.2, 0) is 6.54 Å². The van der Waals surface area contributed by atoms with Crippen LogP contribution in [0.1, 0.15) is 43.6 Å². The molecule has 0 radical (unpaired) electrons. The van der Waals surface area contributed by atoms with E-state index in [4.69, 9.17) is 0 Å². The minimum atomic E-state index is -0.460. The molecule has 134 valence electrons. The Morgan fingerprint density at radius 3 is 2.79 bits per heavy atom. The lowest BCUT2D eigenvalue weighted by atomic mass is 10.1. The summed E-state index contributed by atoms with van der Waals surface area (Å²) in [6, 6.07) is 1.35. The average molecular weight is 337 g/mol. The molecule has 0 aliphatic carbocycles. The fourth-order valence-corrected chi connectivity index (χ4v) is 2.71. The van der Waals surface area contributed by atoms with Gasteiger partial charge in [-0.15, -0.1) is 0 Å². The van der Waals surface area contributed by atoms with E-state index >= 15 is 0 Å². The Bertz CT molecular complexity index is 564. The maximum Gasteiger partial charge on any atom is 0.287 e. The number of nitro groups is 1. The fraction of sp³-hybridized carbons (Fsp3) is 0.688. The van der Waals surface area contributed by atoms with Crippen molar-refractivity contribution in [2.24, 2.45) is 5.92 Å². The van der Waals surface area contributed by atoms with Crippen LogP contribution in [0.5, 0.6) is 0 Å². The first kappa shape index (κ1) is 18.4. The summed E-state index contributed by atoms with van der Waals surface area (Å²) in [7, 11) is 0. The molecule has 0 aromatic carbocycles. The van der Waals surface area contributed by atoms with Crippen molar-refractivity contribution >= 4 is 11.6 Å². The van der Waals surface area contributed by atoms with Crippen molar-refractivity contribution in [3.8, 4) is 0 Å². The summed E-state index contributed by atoms with van der Waals surface area (Å²) in [5.41, 5.74) is 0.312. The molecular formula is C16H27N5O3. The lowest BCUT2D eigenvalue weighted by Gasteiger charge is -2.25. The zero-order valence-electron chi connectivity index (χ0n) is 14.4. The average Bonchev–Trinajstić information content (AvgIpc) is 2.98. The molecular weight excluding hydrogens is 310 g/mol. The van der Waals surface area contributed by atoms with Crippen LogP contribution in [-0.4, -0.2) is 41.2 Å². The van der Waals surface area contributed by atoms with Crippen LogP contribution in [0.3, 0.4) is 0 Å². The topological polar surface area (TPSA) is 101 Å². The molecule has 1 fully saturated rings. The molecule has 8 heteroatoms. The number of aromatic nitrogens is 1. The van der Waals surface area contributed by atoms with Crippen molar-refractivity contribution in [1.29, 1.82) is 0 Å². The van der Waals surface area contributed by atoms with Gasteiger partial charge >= 0.3 is 0 Å². The largest absolute Gasteiger partial charge is 0.351 e. The summed E-state index contributed by atoms with van der Waals surface area (Å²) in [4.78, 5) is 22.9. The molecule has 8 nitrogen and oxygen atoms in total. The molecule has 0 spiro atoms. The van der Waals surface area contributed by atoms with Gasteiger partial charge in [-0.2, -0.15) is 0 Å². The molecule has 2 heterocycles. The molecule has 1 saturated heterocycles. The molecule has 0 atom stereocenters. The van der Waals surface area contributed by atoms with Crippen molar-refractivity contribution < 1.29 is 9.72 Å². The van der Waals surface area contributed by atoms with Gasteiger partial charge in [0, 0.05) is 19.2 Å². The standard InChI is InChI=1S/C16H27N5O3/c1-12(2)5-9-20-11-13(21(23)24)10-14(20)16(22)19-8-4-15-17-6-3-7-18-15/h10-12,15,17-18H,3-9H2,1-2H3,(H,19,22). The lowest BCUT2D eigenvalue weighted by molar-refractivity contribution is -0.384. The summed E-state index contributed by atoms with van der Waals surface area (Å²) in [5.74, 6) is 0.202. The molecule has 1 amide bonds. The quantitative estimate of drug-likeness (QED) is 0.492. The van der Waals surface area contributed by atoms with E-state index in [1.807, 2.05) is 0 Å². The molecule has 0 unspecified atom stereocenters. The first-order chi connectivity index (χ1) is 11.5. The van der Waals surface area contributed by atoms with Gasteiger partial charge in [0.2, 0.25) is 0 Å². The second kappa shape index (κ2) is 8.79. The number of hydrogen-bond donors (Lipinski definition) is 3. The molecule has 1 aliphatic rings. The second-order valence-electron chi connectivity index (χ2n) is 6.58. The van der Waals surface area contributed by atoms with Gasteiger partial charge < -0.3 is 20.5 Å². The van der Waals surface area contributed by atoms with Gasteiger partial charge in [-0.3, -0.25) is 14.9 Å². The smallest absolute Gasteiger partial charge is 0.287 e. The number of carbonyl (C=O) groups is 1. The molecule has 0 saturated carbocycles. The maximum absolute atomic E-state index is 12.4. The summed E-state index contributed by atoms with van der Waals surface area (Å²) in [6.45, 7) is 7.25. The van der Waals surface area contributed by atoms with Crippen LogP contribution in [0.2, 0.25) is 0 Å². The molecule has 2 rings (SSSR count). The van der Waals surface area contributed by atoms with Gasteiger partial charge in [0.15, 0.2) is 0 Å². The number of aryl methyl sites for hydroxylation is 1. The van der Waals surface area contributed by atoms with Gasteiger partial charge in [-0.1, -0.05) is 13.8 Å². The molecule has 0 bridgehead atoms. The summed E-state index contributed by atoms with van der Waals surface area (Å²) in [5, 5.41) is 20.5. The van der Waals surface area contributed by atoms with Gasteiger partial charge in [-0.05, 0) is 38.3 Å². The predicted octanol–water partition coefficient (Wildman–Crippen LogP) is 1.47. The fourth-order valence-electron chi connectivity index (χ4n) is 2.71. The van der Waals surface area contributed by atoms with E-state index in [2.05, 4.69) is 29.8 Å². The third kappa shape index (κ3) is 5.31. The molecule has 1 aromatic heterocycles. The molecule has 3 N–H and O–H groups in total. The highest BCUT2D eigenvalue weighted by atomic mass is 16.6. The number of amides is 1. The Kier molecular flexibility index (Phi) is 6.74. The SMILES string of the molecule is CC(C)CCn1cc([N+](=O)[O-])cc1C(=O)NCCC1NCCCN1. The van der Waals surface area contributed by atoms with E-state index in [1.165, 1.54) is 12.3 Å². The Labute approximate surface area is 142 Å². The number of nitrogens with one attached hydrogen (secondary N) is 3.